The number of aliphatic carboxylic acids is 1. The largest absolute Gasteiger partial charge is 0.480 e. The normalized spacial score (nSPS) is 12.2. The number of rotatable bonds is 6. The van der Waals surface area contributed by atoms with Gasteiger partial charge in [0, 0.05) is 0 Å². The van der Waals surface area contributed by atoms with E-state index < -0.39 is 17.8 Å². The van der Waals surface area contributed by atoms with Gasteiger partial charge in [-0.05, 0) is 18.6 Å². The lowest BCUT2D eigenvalue weighted by Crippen LogP contribution is -2.29. The Kier molecular flexibility index (Phi) is 5.22. The van der Waals surface area contributed by atoms with E-state index in [9.17, 15) is 9.18 Å². The van der Waals surface area contributed by atoms with Gasteiger partial charge in [-0.3, -0.25) is 0 Å². The van der Waals surface area contributed by atoms with E-state index in [4.69, 9.17) is 16.7 Å². The molecule has 0 aromatic heterocycles. The minimum Gasteiger partial charge on any atom is -0.480 e. The summed E-state index contributed by atoms with van der Waals surface area (Å²) in [5.74, 6) is -1.60. The van der Waals surface area contributed by atoms with E-state index in [1.807, 2.05) is 6.92 Å². The van der Waals surface area contributed by atoms with E-state index in [1.54, 1.807) is 6.07 Å². The molecule has 0 aliphatic heterocycles. The summed E-state index contributed by atoms with van der Waals surface area (Å²) in [4.78, 5) is 11.0. The first-order valence-corrected chi connectivity index (χ1v) is 5.87. The SMILES string of the molecule is CCCCC(Nc1cccc(Cl)c1F)C(=O)O. The van der Waals surface area contributed by atoms with Crippen LogP contribution in [0.15, 0.2) is 18.2 Å². The Bertz CT molecular complexity index is 398. The summed E-state index contributed by atoms with van der Waals surface area (Å²) >= 11 is 5.62. The molecule has 1 aromatic carbocycles. The number of carboxylic acids is 1. The van der Waals surface area contributed by atoms with Crippen molar-refractivity contribution >= 4 is 23.3 Å². The standard InChI is InChI=1S/C12H15ClFNO2/c1-2-3-6-10(12(16)17)15-9-7-4-5-8(13)11(9)14/h4-5,7,10,15H,2-3,6H2,1H3,(H,16,17). The number of carbonyl (C=O) groups is 1. The molecule has 94 valence electrons. The van der Waals surface area contributed by atoms with Crippen LogP contribution in [0.4, 0.5) is 10.1 Å². The number of halogens is 2. The van der Waals surface area contributed by atoms with Gasteiger partial charge in [0.1, 0.15) is 6.04 Å². The van der Waals surface area contributed by atoms with E-state index in [-0.39, 0.29) is 10.7 Å². The van der Waals surface area contributed by atoms with E-state index in [0.717, 1.165) is 12.8 Å². The molecule has 0 fully saturated rings. The maximum absolute atomic E-state index is 13.6. The summed E-state index contributed by atoms with van der Waals surface area (Å²) < 4.78 is 13.6. The van der Waals surface area contributed by atoms with Gasteiger partial charge in [0.05, 0.1) is 10.7 Å². The van der Waals surface area contributed by atoms with Crippen LogP contribution in [0.3, 0.4) is 0 Å². The molecule has 0 bridgehead atoms. The molecule has 17 heavy (non-hydrogen) atoms. The smallest absolute Gasteiger partial charge is 0.326 e. The second-order valence-electron chi connectivity index (χ2n) is 3.78. The third-order valence-electron chi connectivity index (χ3n) is 2.43. The van der Waals surface area contributed by atoms with Crippen LogP contribution in [0, 0.1) is 5.82 Å². The molecule has 0 aliphatic rings. The molecule has 1 aromatic rings. The van der Waals surface area contributed by atoms with E-state index in [1.165, 1.54) is 12.1 Å². The van der Waals surface area contributed by atoms with Gasteiger partial charge in [-0.25, -0.2) is 9.18 Å². The van der Waals surface area contributed by atoms with Crippen LogP contribution >= 0.6 is 11.6 Å². The van der Waals surface area contributed by atoms with Crippen LogP contribution in [-0.2, 0) is 4.79 Å². The van der Waals surface area contributed by atoms with Crippen molar-refractivity contribution in [3.8, 4) is 0 Å². The highest BCUT2D eigenvalue weighted by molar-refractivity contribution is 6.31. The molecule has 1 unspecified atom stereocenters. The lowest BCUT2D eigenvalue weighted by Gasteiger charge is -2.16. The van der Waals surface area contributed by atoms with Crippen molar-refractivity contribution in [2.45, 2.75) is 32.2 Å². The summed E-state index contributed by atoms with van der Waals surface area (Å²) in [6, 6.07) is 3.68. The Morgan fingerprint density at radius 1 is 1.59 bits per heavy atom. The molecule has 0 spiro atoms. The fraction of sp³-hybridized carbons (Fsp3) is 0.417. The molecule has 0 aliphatic carbocycles. The molecule has 0 heterocycles. The summed E-state index contributed by atoms with van der Waals surface area (Å²) in [6.45, 7) is 1.97. The quantitative estimate of drug-likeness (QED) is 0.822. The first-order chi connectivity index (χ1) is 8.06. The van der Waals surface area contributed by atoms with Crippen LogP contribution in [0.2, 0.25) is 5.02 Å². The molecule has 0 saturated heterocycles. The molecule has 0 amide bonds. The van der Waals surface area contributed by atoms with Gasteiger partial charge < -0.3 is 10.4 Å². The van der Waals surface area contributed by atoms with Crippen LogP contribution in [0.5, 0.6) is 0 Å². The van der Waals surface area contributed by atoms with E-state index >= 15 is 0 Å². The molecule has 0 saturated carbocycles. The highest BCUT2D eigenvalue weighted by Crippen LogP contribution is 2.23. The van der Waals surface area contributed by atoms with Crippen molar-refractivity contribution < 1.29 is 14.3 Å². The molecule has 1 atom stereocenters. The number of carboxylic acid groups (broad SMARTS) is 1. The molecule has 2 N–H and O–H groups in total. The zero-order chi connectivity index (χ0) is 12.8. The van der Waals surface area contributed by atoms with Gasteiger partial charge in [-0.15, -0.1) is 0 Å². The van der Waals surface area contributed by atoms with Crippen molar-refractivity contribution in [3.05, 3.63) is 29.0 Å². The fourth-order valence-electron chi connectivity index (χ4n) is 1.47. The molecule has 0 radical (unpaired) electrons. The fourth-order valence-corrected chi connectivity index (χ4v) is 1.64. The van der Waals surface area contributed by atoms with E-state index in [0.29, 0.717) is 6.42 Å². The Morgan fingerprint density at radius 2 is 2.29 bits per heavy atom. The zero-order valence-corrected chi connectivity index (χ0v) is 10.3. The first-order valence-electron chi connectivity index (χ1n) is 5.49. The number of benzene rings is 1. The second kappa shape index (κ2) is 6.45. The lowest BCUT2D eigenvalue weighted by molar-refractivity contribution is -0.138. The minimum absolute atomic E-state index is 0.0189. The van der Waals surface area contributed by atoms with Gasteiger partial charge in [-0.2, -0.15) is 0 Å². The number of hydrogen-bond donors (Lipinski definition) is 2. The van der Waals surface area contributed by atoms with Crippen LogP contribution < -0.4 is 5.32 Å². The van der Waals surface area contributed by atoms with Crippen molar-refractivity contribution in [2.75, 3.05) is 5.32 Å². The predicted molar refractivity (Wildman–Crippen MR) is 66.0 cm³/mol. The zero-order valence-electron chi connectivity index (χ0n) is 9.54. The maximum Gasteiger partial charge on any atom is 0.326 e. The molecule has 5 heteroatoms. The number of nitrogens with one attached hydrogen (secondary N) is 1. The Balaban J connectivity index is 2.78. The van der Waals surface area contributed by atoms with Crippen LogP contribution in [0.25, 0.3) is 0 Å². The van der Waals surface area contributed by atoms with Gasteiger partial charge >= 0.3 is 5.97 Å². The summed E-state index contributed by atoms with van der Waals surface area (Å²) in [5, 5.41) is 11.6. The average molecular weight is 260 g/mol. The maximum atomic E-state index is 13.6. The highest BCUT2D eigenvalue weighted by Gasteiger charge is 2.18. The molecule has 1 rings (SSSR count). The molecule has 3 nitrogen and oxygen atoms in total. The molecular weight excluding hydrogens is 245 g/mol. The number of hydrogen-bond acceptors (Lipinski definition) is 2. The van der Waals surface area contributed by atoms with Crippen molar-refractivity contribution in [3.63, 3.8) is 0 Å². The van der Waals surface area contributed by atoms with Gasteiger partial charge in [0.15, 0.2) is 5.82 Å². The Labute approximate surface area is 105 Å². The summed E-state index contributed by atoms with van der Waals surface area (Å²) in [7, 11) is 0. The van der Waals surface area contributed by atoms with Gasteiger partial charge in [0.2, 0.25) is 0 Å². The van der Waals surface area contributed by atoms with Crippen molar-refractivity contribution in [1.82, 2.24) is 0 Å². The van der Waals surface area contributed by atoms with Gasteiger partial charge in [0.25, 0.3) is 0 Å². The topological polar surface area (TPSA) is 49.3 Å². The lowest BCUT2D eigenvalue weighted by atomic mass is 10.1. The average Bonchev–Trinajstić information content (AvgIpc) is 2.29. The Morgan fingerprint density at radius 3 is 2.88 bits per heavy atom. The van der Waals surface area contributed by atoms with Crippen LogP contribution in [0.1, 0.15) is 26.2 Å². The van der Waals surface area contributed by atoms with Crippen molar-refractivity contribution in [2.24, 2.45) is 0 Å². The van der Waals surface area contributed by atoms with Gasteiger partial charge in [-0.1, -0.05) is 37.4 Å². The predicted octanol–water partition coefficient (Wildman–Crippen LogP) is 3.53. The first kappa shape index (κ1) is 13.8. The minimum atomic E-state index is -0.988. The Hall–Kier alpha value is -1.29. The van der Waals surface area contributed by atoms with E-state index in [2.05, 4.69) is 5.32 Å². The van der Waals surface area contributed by atoms with Crippen LogP contribution in [-0.4, -0.2) is 17.1 Å². The number of unbranched alkanes of at least 4 members (excludes halogenated alkanes) is 1. The third kappa shape index (κ3) is 3.89. The second-order valence-corrected chi connectivity index (χ2v) is 4.19. The monoisotopic (exact) mass is 259 g/mol. The molecular formula is C12H15ClFNO2. The summed E-state index contributed by atoms with van der Waals surface area (Å²) in [6.07, 6.45) is 2.12. The highest BCUT2D eigenvalue weighted by atomic mass is 35.5. The summed E-state index contributed by atoms with van der Waals surface area (Å²) in [5.41, 5.74) is 0.126. The number of anilines is 1. The van der Waals surface area contributed by atoms with Crippen molar-refractivity contribution in [1.29, 1.82) is 0 Å². The third-order valence-corrected chi connectivity index (χ3v) is 2.72.